The molecular formula is C17H32CaO4. The van der Waals surface area contributed by atoms with Gasteiger partial charge in [0.15, 0.2) is 0 Å². The van der Waals surface area contributed by atoms with Crippen LogP contribution in [0.5, 0.6) is 0 Å². The van der Waals surface area contributed by atoms with E-state index in [9.17, 15) is 14.7 Å². The first kappa shape index (κ1) is 24.6. The molecule has 4 nitrogen and oxygen atoms in total. The normalized spacial score (nSPS) is 11.5. The number of carbonyl (C=O) groups is 2. The molecule has 0 fully saturated rings. The van der Waals surface area contributed by atoms with Crippen LogP contribution in [0.25, 0.3) is 0 Å². The molecular weight excluding hydrogens is 308 g/mol. The molecule has 1 N–H and O–H groups in total. The molecule has 0 saturated carbocycles. The van der Waals surface area contributed by atoms with Crippen LogP contribution in [0.1, 0.15) is 90.9 Å². The van der Waals surface area contributed by atoms with Crippen LogP contribution in [0.15, 0.2) is 0 Å². The number of carboxylic acid groups (broad SMARTS) is 1. The molecule has 5 heteroatoms. The Hall–Kier alpha value is 0.360. The zero-order chi connectivity index (χ0) is 17.2. The van der Waals surface area contributed by atoms with E-state index in [1.54, 1.807) is 0 Å². The van der Waals surface area contributed by atoms with E-state index in [4.69, 9.17) is 5.11 Å². The Morgan fingerprint density at radius 3 is 1.50 bits per heavy atom. The summed E-state index contributed by atoms with van der Waals surface area (Å²) in [5, 5.41) is 17.3. The third-order valence-electron chi connectivity index (χ3n) is 3.40. The molecule has 0 spiro atoms. The Morgan fingerprint density at radius 2 is 1.23 bits per heavy atom. The fourth-order valence-electron chi connectivity index (χ4n) is 1.99. The predicted octanol–water partition coefficient (Wildman–Crippen LogP) is 2.50. The number of carbonyl (C=O) groups excluding carboxylic acids is 2. The average molecular weight is 341 g/mol. The molecule has 0 bridgehead atoms. The molecule has 0 saturated heterocycles. The van der Waals surface area contributed by atoms with Gasteiger partial charge < -0.3 is 15.0 Å². The first-order valence-corrected chi connectivity index (χ1v) is 9.75. The van der Waals surface area contributed by atoms with Crippen LogP contribution in [0, 0.1) is 0 Å². The van der Waals surface area contributed by atoms with Crippen molar-refractivity contribution in [3.8, 4) is 0 Å². The standard InChI is InChI=1S/C14H27O.C3H6O3.Ca/c1-2-3-4-5-6-7-8-9-10-11-12-13-14-15;1-2(4)3(5)6;/h2-13H2,1H3;2,4H,1H3,(H,5,6);/q;;+1/p-1. The Balaban J connectivity index is 0. The SMILES string of the molecule is CC(O)C(=O)[O-].CCCCCCCCCCCCC[C](=O)[Ca+]. The molecule has 126 valence electrons. The van der Waals surface area contributed by atoms with Crippen molar-refractivity contribution >= 4 is 43.6 Å². The molecule has 0 aromatic rings. The van der Waals surface area contributed by atoms with Gasteiger partial charge in [-0.15, -0.1) is 0 Å². The minimum absolute atomic E-state index is 0.468. The van der Waals surface area contributed by atoms with Crippen molar-refractivity contribution in [2.24, 2.45) is 0 Å². The van der Waals surface area contributed by atoms with E-state index in [0.29, 0.717) is 1.88 Å². The summed E-state index contributed by atoms with van der Waals surface area (Å²) in [4.78, 5) is 20.1. The van der Waals surface area contributed by atoms with Gasteiger partial charge in [0, 0.05) is 0 Å². The van der Waals surface area contributed by atoms with E-state index in [-0.39, 0.29) is 0 Å². The van der Waals surface area contributed by atoms with E-state index in [1.807, 2.05) is 0 Å². The minimum atomic E-state index is -1.44. The fourth-order valence-corrected chi connectivity index (χ4v) is 2.38. The van der Waals surface area contributed by atoms with Crippen molar-refractivity contribution in [1.82, 2.24) is 0 Å². The number of hydrogen-bond donors (Lipinski definition) is 1. The number of carboxylic acids is 1. The molecule has 1 unspecified atom stereocenters. The van der Waals surface area contributed by atoms with Crippen LogP contribution in [0.4, 0.5) is 0 Å². The monoisotopic (exact) mass is 340 g/mol. The van der Waals surface area contributed by atoms with Gasteiger partial charge in [0.25, 0.3) is 0 Å². The topological polar surface area (TPSA) is 77.4 Å². The van der Waals surface area contributed by atoms with Crippen LogP contribution in [-0.2, 0) is 9.59 Å². The van der Waals surface area contributed by atoms with E-state index in [0.717, 1.165) is 55.6 Å². The molecule has 0 aliphatic rings. The van der Waals surface area contributed by atoms with Crippen LogP contribution >= 0.6 is 0 Å². The Morgan fingerprint density at radius 1 is 0.909 bits per heavy atom. The summed E-state index contributed by atoms with van der Waals surface area (Å²) in [5.41, 5.74) is 0. The number of aliphatic hydroxyl groups is 1. The summed E-state index contributed by atoms with van der Waals surface area (Å²) >= 11 is 0.845. The Kier molecular flexibility index (Phi) is 21.7. The third-order valence-corrected chi connectivity index (χ3v) is 3.95. The fraction of sp³-hybridized carbons (Fsp3) is 0.882. The number of aliphatic hydroxyl groups excluding tert-OH is 1. The first-order chi connectivity index (χ1) is 10.4. The summed E-state index contributed by atoms with van der Waals surface area (Å²) in [6.45, 7) is 3.40. The quantitative estimate of drug-likeness (QED) is 0.413. The van der Waals surface area contributed by atoms with Crippen molar-refractivity contribution in [3.05, 3.63) is 0 Å². The number of unbranched alkanes of at least 4 members (excludes halogenated alkanes) is 10. The van der Waals surface area contributed by atoms with Crippen molar-refractivity contribution in [3.63, 3.8) is 0 Å². The second-order valence-corrected chi connectivity index (χ2v) is 7.05. The maximum atomic E-state index is 10.8. The van der Waals surface area contributed by atoms with E-state index in [2.05, 4.69) is 6.92 Å². The summed E-state index contributed by atoms with van der Waals surface area (Å²) in [7, 11) is 0. The van der Waals surface area contributed by atoms with E-state index < -0.39 is 12.1 Å². The molecule has 0 radical (unpaired) electrons. The third kappa shape index (κ3) is 25.3. The van der Waals surface area contributed by atoms with Crippen LogP contribution in [-0.4, -0.2) is 54.8 Å². The second kappa shape index (κ2) is 19.4. The molecule has 0 aliphatic carbocycles. The van der Waals surface area contributed by atoms with Crippen molar-refractivity contribution in [1.29, 1.82) is 0 Å². The van der Waals surface area contributed by atoms with Gasteiger partial charge in [-0.2, -0.15) is 0 Å². The number of hydrogen-bond acceptors (Lipinski definition) is 4. The van der Waals surface area contributed by atoms with Crippen LogP contribution in [0.2, 0.25) is 0 Å². The first-order valence-electron chi connectivity index (χ1n) is 8.65. The van der Waals surface area contributed by atoms with Gasteiger partial charge in [0.1, 0.15) is 0 Å². The predicted molar refractivity (Wildman–Crippen MR) is 88.5 cm³/mol. The van der Waals surface area contributed by atoms with Gasteiger partial charge >= 0.3 is 113 Å². The van der Waals surface area contributed by atoms with E-state index >= 15 is 0 Å². The zero-order valence-electron chi connectivity index (χ0n) is 14.4. The number of aliphatic carboxylic acids is 1. The van der Waals surface area contributed by atoms with Gasteiger partial charge in [-0.05, 0) is 6.92 Å². The molecule has 1 atom stereocenters. The second-order valence-electron chi connectivity index (χ2n) is 5.82. The summed E-state index contributed by atoms with van der Waals surface area (Å²) in [6, 6.07) is 0. The van der Waals surface area contributed by atoms with Crippen molar-refractivity contribution in [2.45, 2.75) is 97.0 Å². The maximum absolute atomic E-state index is 10.8. The Bertz CT molecular complexity index is 267. The molecule has 0 aliphatic heterocycles. The van der Waals surface area contributed by atoms with Gasteiger partial charge in [-0.1, -0.05) is 13.3 Å². The van der Waals surface area contributed by atoms with Crippen molar-refractivity contribution < 1.29 is 19.8 Å². The molecule has 0 rings (SSSR count). The van der Waals surface area contributed by atoms with Gasteiger partial charge in [-0.3, -0.25) is 0 Å². The summed E-state index contributed by atoms with van der Waals surface area (Å²) in [5.74, 6) is -1.44. The molecule has 0 amide bonds. The van der Waals surface area contributed by atoms with Crippen molar-refractivity contribution in [2.75, 3.05) is 0 Å². The van der Waals surface area contributed by atoms with Crippen LogP contribution in [0.3, 0.4) is 0 Å². The molecule has 22 heavy (non-hydrogen) atoms. The summed E-state index contributed by atoms with van der Waals surface area (Å²) < 4.78 is 0.468. The van der Waals surface area contributed by atoms with Crippen LogP contribution < -0.4 is 5.11 Å². The molecule has 0 aromatic carbocycles. The molecule has 0 heterocycles. The summed E-state index contributed by atoms with van der Waals surface area (Å²) in [6.07, 6.45) is 14.5. The van der Waals surface area contributed by atoms with Gasteiger partial charge in [0.2, 0.25) is 0 Å². The Labute approximate surface area is 159 Å². The van der Waals surface area contributed by atoms with Gasteiger partial charge in [-0.25, -0.2) is 0 Å². The zero-order valence-corrected chi connectivity index (χ0v) is 16.7. The molecule has 0 aromatic heterocycles. The average Bonchev–Trinajstić information content (AvgIpc) is 2.45. The van der Waals surface area contributed by atoms with E-state index in [1.165, 1.54) is 64.2 Å². The number of rotatable bonds is 13. The van der Waals surface area contributed by atoms with Gasteiger partial charge in [0.05, 0.1) is 12.1 Å².